The Hall–Kier alpha value is -0.100. The summed E-state index contributed by atoms with van der Waals surface area (Å²) < 4.78 is 26.1. The third-order valence-electron chi connectivity index (χ3n) is 1.89. The number of esters is 1. The van der Waals surface area contributed by atoms with E-state index < -0.39 is 22.1 Å². The van der Waals surface area contributed by atoms with Gasteiger partial charge in [0.1, 0.15) is 10.7 Å². The second kappa shape index (κ2) is 6.40. The lowest BCUT2D eigenvalue weighted by molar-refractivity contribution is -0.153. The molecule has 0 aliphatic carbocycles. The molecule has 0 rings (SSSR count). The highest BCUT2D eigenvalue weighted by molar-refractivity contribution is 9.09. The van der Waals surface area contributed by atoms with Crippen molar-refractivity contribution in [2.45, 2.75) is 20.3 Å². The Bertz CT molecular complexity index is 256. The van der Waals surface area contributed by atoms with Crippen molar-refractivity contribution in [2.75, 3.05) is 17.7 Å². The minimum Gasteiger partial charge on any atom is -0.466 e. The van der Waals surface area contributed by atoms with Crippen LogP contribution in [0.3, 0.4) is 0 Å². The Morgan fingerprint density at radius 2 is 2.07 bits per heavy atom. The summed E-state index contributed by atoms with van der Waals surface area (Å²) in [6.45, 7) is 3.58. The molecule has 0 radical (unpaired) electrons. The third kappa shape index (κ3) is 4.41. The fourth-order valence-corrected chi connectivity index (χ4v) is 2.78. The number of hydrogen-bond acceptors (Lipinski definition) is 4. The maximum Gasteiger partial charge on any atom is 0.312 e. The molecule has 0 saturated carbocycles. The van der Waals surface area contributed by atoms with E-state index in [0.717, 1.165) is 0 Å². The molecule has 0 heterocycles. The van der Waals surface area contributed by atoms with Gasteiger partial charge in [-0.05, 0) is 20.3 Å². The normalized spacial score (nSPS) is 15.1. The van der Waals surface area contributed by atoms with E-state index in [0.29, 0.717) is 11.8 Å². The fraction of sp³-hybridized carbons (Fsp3) is 0.875. The number of hydrogen-bond donors (Lipinski definition) is 1. The zero-order chi connectivity index (χ0) is 11.2. The minimum atomic E-state index is -2.56. The van der Waals surface area contributed by atoms with Crippen LogP contribution in [0.25, 0.3) is 0 Å². The molecule has 0 fully saturated rings. The van der Waals surface area contributed by atoms with Crippen molar-refractivity contribution in [3.8, 4) is 0 Å². The average Bonchev–Trinajstić information content (AvgIpc) is 2.03. The molecule has 0 amide bonds. The number of ether oxygens (including phenoxy) is 1. The van der Waals surface area contributed by atoms with E-state index in [1.54, 1.807) is 13.8 Å². The molecule has 0 bridgehead atoms. The predicted octanol–water partition coefficient (Wildman–Crippen LogP) is 0.952. The van der Waals surface area contributed by atoms with Gasteiger partial charge >= 0.3 is 5.97 Å². The molecule has 0 aromatic heterocycles. The van der Waals surface area contributed by atoms with Crippen LogP contribution in [0.15, 0.2) is 0 Å². The van der Waals surface area contributed by atoms with Crippen LogP contribution >= 0.6 is 15.9 Å². The van der Waals surface area contributed by atoms with E-state index >= 15 is 0 Å². The van der Waals surface area contributed by atoms with Gasteiger partial charge in [0.15, 0.2) is 0 Å². The first-order valence-corrected chi connectivity index (χ1v) is 6.79. The molecule has 14 heavy (non-hydrogen) atoms. The summed E-state index contributed by atoms with van der Waals surface area (Å²) in [4.78, 5) is 11.5. The first-order chi connectivity index (χ1) is 6.46. The SMILES string of the molecule is CCOC(=O)[C@@](C)(CCBr)C[SH](=O)=O. The maximum atomic E-state index is 11.5. The summed E-state index contributed by atoms with van der Waals surface area (Å²) in [5, 5.41) is 0.575. The van der Waals surface area contributed by atoms with E-state index in [1.165, 1.54) is 0 Å². The summed E-state index contributed by atoms with van der Waals surface area (Å²) in [5.41, 5.74) is -0.922. The highest BCUT2D eigenvalue weighted by atomic mass is 79.9. The Morgan fingerprint density at radius 1 is 1.50 bits per heavy atom. The van der Waals surface area contributed by atoms with Gasteiger partial charge < -0.3 is 4.74 Å². The van der Waals surface area contributed by atoms with Crippen molar-refractivity contribution >= 4 is 32.6 Å². The van der Waals surface area contributed by atoms with Crippen LogP contribution in [0.5, 0.6) is 0 Å². The lowest BCUT2D eigenvalue weighted by Crippen LogP contribution is -2.34. The second-order valence-corrected chi connectivity index (χ2v) is 4.99. The molecule has 6 heteroatoms. The molecule has 0 aromatic carbocycles. The lowest BCUT2D eigenvalue weighted by Gasteiger charge is -2.23. The van der Waals surface area contributed by atoms with Gasteiger partial charge in [0.25, 0.3) is 0 Å². The van der Waals surface area contributed by atoms with Gasteiger partial charge in [-0.3, -0.25) is 4.79 Å². The summed E-state index contributed by atoms with van der Waals surface area (Å²) >= 11 is 3.19. The van der Waals surface area contributed by atoms with Crippen LogP contribution < -0.4 is 0 Å². The number of carbonyl (C=O) groups excluding carboxylic acids is 1. The van der Waals surface area contributed by atoms with Gasteiger partial charge in [-0.25, -0.2) is 8.42 Å². The van der Waals surface area contributed by atoms with Gasteiger partial charge in [-0.1, -0.05) is 15.9 Å². The molecular formula is C8H15BrO4S. The summed E-state index contributed by atoms with van der Waals surface area (Å²) in [5.74, 6) is -0.606. The average molecular weight is 287 g/mol. The zero-order valence-electron chi connectivity index (χ0n) is 8.29. The molecule has 0 N–H and O–H groups in total. The molecule has 0 spiro atoms. The minimum absolute atomic E-state index is 0.160. The van der Waals surface area contributed by atoms with Crippen LogP contribution in [-0.4, -0.2) is 32.1 Å². The monoisotopic (exact) mass is 286 g/mol. The van der Waals surface area contributed by atoms with Crippen LogP contribution in [-0.2, 0) is 20.2 Å². The van der Waals surface area contributed by atoms with E-state index in [1.807, 2.05) is 0 Å². The molecular weight excluding hydrogens is 272 g/mol. The van der Waals surface area contributed by atoms with Crippen molar-refractivity contribution in [3.05, 3.63) is 0 Å². The topological polar surface area (TPSA) is 60.4 Å². The second-order valence-electron chi connectivity index (χ2n) is 3.21. The number of carbonyl (C=O) groups is 1. The first-order valence-electron chi connectivity index (χ1n) is 4.31. The Morgan fingerprint density at radius 3 is 2.43 bits per heavy atom. The van der Waals surface area contributed by atoms with Crippen molar-refractivity contribution in [3.63, 3.8) is 0 Å². The van der Waals surface area contributed by atoms with Crippen molar-refractivity contribution in [1.82, 2.24) is 0 Å². The van der Waals surface area contributed by atoms with Crippen LogP contribution in [0.2, 0.25) is 0 Å². The largest absolute Gasteiger partial charge is 0.466 e. The smallest absolute Gasteiger partial charge is 0.312 e. The van der Waals surface area contributed by atoms with E-state index in [2.05, 4.69) is 15.9 Å². The highest BCUT2D eigenvalue weighted by Gasteiger charge is 2.34. The van der Waals surface area contributed by atoms with Crippen LogP contribution in [0.1, 0.15) is 20.3 Å². The van der Waals surface area contributed by atoms with Crippen molar-refractivity contribution in [1.29, 1.82) is 0 Å². The van der Waals surface area contributed by atoms with E-state index in [4.69, 9.17) is 4.74 Å². The summed E-state index contributed by atoms with van der Waals surface area (Å²) in [6.07, 6.45) is 0.454. The molecule has 0 unspecified atom stereocenters. The fourth-order valence-electron chi connectivity index (χ4n) is 1.04. The molecule has 1 atom stereocenters. The van der Waals surface area contributed by atoms with Crippen molar-refractivity contribution in [2.24, 2.45) is 5.41 Å². The highest BCUT2D eigenvalue weighted by Crippen LogP contribution is 2.24. The molecule has 0 aliphatic heterocycles. The standard InChI is InChI=1S/C8H15BrO4S/c1-3-13-7(10)8(2,4-5-9)6-14(11)12/h14H,3-6H2,1-2H3/t8-/m0/s1. The molecule has 0 saturated heterocycles. The van der Waals surface area contributed by atoms with E-state index in [-0.39, 0.29) is 12.4 Å². The quantitative estimate of drug-likeness (QED) is 0.449. The van der Waals surface area contributed by atoms with Gasteiger partial charge in [-0.2, -0.15) is 0 Å². The number of alkyl halides is 1. The third-order valence-corrected chi connectivity index (χ3v) is 3.25. The summed E-state index contributed by atoms with van der Waals surface area (Å²) in [6, 6.07) is 0. The maximum absolute atomic E-state index is 11.5. The van der Waals surface area contributed by atoms with E-state index in [9.17, 15) is 13.2 Å². The van der Waals surface area contributed by atoms with Gasteiger partial charge in [0.2, 0.25) is 0 Å². The summed E-state index contributed by atoms with van der Waals surface area (Å²) in [7, 11) is -2.56. The first kappa shape index (κ1) is 13.9. The molecule has 4 nitrogen and oxygen atoms in total. The van der Waals surface area contributed by atoms with Gasteiger partial charge in [0.05, 0.1) is 17.8 Å². The Labute approximate surface area is 94.1 Å². The number of rotatable bonds is 6. The lowest BCUT2D eigenvalue weighted by atomic mass is 9.90. The molecule has 0 aliphatic rings. The predicted molar refractivity (Wildman–Crippen MR) is 58.3 cm³/mol. The van der Waals surface area contributed by atoms with Gasteiger partial charge in [0, 0.05) is 5.33 Å². The molecule has 0 aromatic rings. The zero-order valence-corrected chi connectivity index (χ0v) is 10.8. The van der Waals surface area contributed by atoms with Crippen LogP contribution in [0, 0.1) is 5.41 Å². The molecule has 84 valence electrons. The van der Waals surface area contributed by atoms with Gasteiger partial charge in [-0.15, -0.1) is 0 Å². The Balaban J connectivity index is 4.60. The van der Waals surface area contributed by atoms with Crippen LogP contribution in [0.4, 0.5) is 0 Å². The number of thiol groups is 1. The van der Waals surface area contributed by atoms with Crippen molar-refractivity contribution < 1.29 is 17.9 Å². The number of halogens is 1. The Kier molecular flexibility index (Phi) is 6.35.